The van der Waals surface area contributed by atoms with E-state index in [4.69, 9.17) is 10.5 Å². The van der Waals surface area contributed by atoms with Crippen molar-refractivity contribution in [2.45, 2.75) is 12.5 Å². The minimum atomic E-state index is -0.411. The van der Waals surface area contributed by atoms with Gasteiger partial charge in [0, 0.05) is 33.9 Å². The topological polar surface area (TPSA) is 51.4 Å². The van der Waals surface area contributed by atoms with Crippen LogP contribution in [0, 0.1) is 0 Å². The molecule has 0 aliphatic heterocycles. The zero-order valence-electron chi connectivity index (χ0n) is 9.07. The number of methoxy groups -OCH3 is 1. The maximum atomic E-state index is 5.68. The molecule has 0 amide bonds. The molecule has 2 N–H and O–H groups in total. The largest absolute Gasteiger partial charge is 0.372 e. The number of thiazole rings is 1. The first-order chi connectivity index (χ1) is 6.53. The fourth-order valence-corrected chi connectivity index (χ4v) is 1.97. The van der Waals surface area contributed by atoms with Crippen LogP contribution >= 0.6 is 11.3 Å². The Morgan fingerprint density at radius 1 is 1.64 bits per heavy atom. The molecule has 1 heterocycles. The van der Waals surface area contributed by atoms with Gasteiger partial charge in [-0.1, -0.05) is 11.3 Å². The molecule has 0 spiro atoms. The van der Waals surface area contributed by atoms with Crippen LogP contribution in [0.1, 0.15) is 11.8 Å². The third-order valence-electron chi connectivity index (χ3n) is 2.24. The number of aromatic nitrogens is 1. The predicted molar refractivity (Wildman–Crippen MR) is 59.9 cm³/mol. The lowest BCUT2D eigenvalue weighted by atomic mass is 10.1. The number of nitrogens with two attached hydrogens (primary N) is 1. The maximum absolute atomic E-state index is 5.68. The first kappa shape index (κ1) is 11.4. The molecule has 1 atom stereocenters. The molecule has 1 aromatic heterocycles. The van der Waals surface area contributed by atoms with Crippen molar-refractivity contribution in [2.75, 3.05) is 32.6 Å². The van der Waals surface area contributed by atoms with Gasteiger partial charge in [0.05, 0.1) is 4.88 Å². The van der Waals surface area contributed by atoms with E-state index in [1.54, 1.807) is 18.4 Å². The Labute approximate surface area is 88.7 Å². The summed E-state index contributed by atoms with van der Waals surface area (Å²) in [5, 5.41) is 0.969. The Balaban J connectivity index is 2.95. The van der Waals surface area contributed by atoms with Crippen LogP contribution in [0.2, 0.25) is 0 Å². The summed E-state index contributed by atoms with van der Waals surface area (Å²) in [5.74, 6) is 0. The normalized spacial score (nSPS) is 15.2. The number of hydrogen-bond donors (Lipinski definition) is 1. The van der Waals surface area contributed by atoms with Crippen molar-refractivity contribution in [3.63, 3.8) is 0 Å². The molecule has 14 heavy (non-hydrogen) atoms. The average Bonchev–Trinajstić information content (AvgIpc) is 2.66. The standard InChI is InChI=1S/C9H17N3OS/c1-9(6-10,13-4)7-5-11-8(14-7)12(2)3/h5H,6,10H2,1-4H3. The molecule has 1 unspecified atom stereocenters. The molecule has 0 fully saturated rings. The van der Waals surface area contributed by atoms with Crippen molar-refractivity contribution in [3.8, 4) is 0 Å². The molecule has 0 radical (unpaired) electrons. The highest BCUT2D eigenvalue weighted by Crippen LogP contribution is 2.31. The molecule has 1 rings (SSSR count). The average molecular weight is 215 g/mol. The van der Waals surface area contributed by atoms with Crippen molar-refractivity contribution in [3.05, 3.63) is 11.1 Å². The molecular weight excluding hydrogens is 198 g/mol. The summed E-state index contributed by atoms with van der Waals surface area (Å²) < 4.78 is 5.39. The number of ether oxygens (including phenoxy) is 1. The first-order valence-corrected chi connectivity index (χ1v) is 5.24. The van der Waals surface area contributed by atoms with Crippen molar-refractivity contribution in [1.82, 2.24) is 4.98 Å². The van der Waals surface area contributed by atoms with Gasteiger partial charge in [-0.05, 0) is 6.92 Å². The molecule has 0 bridgehead atoms. The maximum Gasteiger partial charge on any atom is 0.185 e. The Morgan fingerprint density at radius 3 is 2.64 bits per heavy atom. The Kier molecular flexibility index (Phi) is 3.47. The van der Waals surface area contributed by atoms with Gasteiger partial charge in [-0.15, -0.1) is 0 Å². The minimum Gasteiger partial charge on any atom is -0.372 e. The molecule has 4 nitrogen and oxygen atoms in total. The van der Waals surface area contributed by atoms with Crippen LogP contribution in [-0.2, 0) is 10.3 Å². The number of nitrogens with zero attached hydrogens (tertiary/aromatic N) is 2. The van der Waals surface area contributed by atoms with Gasteiger partial charge in [0.25, 0.3) is 0 Å². The second-order valence-electron chi connectivity index (χ2n) is 3.54. The summed E-state index contributed by atoms with van der Waals surface area (Å²) >= 11 is 1.61. The zero-order valence-corrected chi connectivity index (χ0v) is 9.89. The monoisotopic (exact) mass is 215 g/mol. The SMILES string of the molecule is COC(C)(CN)c1cnc(N(C)C)s1. The highest BCUT2D eigenvalue weighted by molar-refractivity contribution is 7.15. The van der Waals surface area contributed by atoms with Gasteiger partial charge in [0.2, 0.25) is 0 Å². The van der Waals surface area contributed by atoms with E-state index in [0.717, 1.165) is 10.0 Å². The fourth-order valence-electron chi connectivity index (χ4n) is 1.00. The van der Waals surface area contributed by atoms with Gasteiger partial charge in [-0.2, -0.15) is 0 Å². The molecule has 0 saturated heterocycles. The summed E-state index contributed by atoms with van der Waals surface area (Å²) in [4.78, 5) is 7.32. The lowest BCUT2D eigenvalue weighted by Gasteiger charge is -2.24. The molecule has 80 valence electrons. The molecular formula is C9H17N3OS. The highest BCUT2D eigenvalue weighted by Gasteiger charge is 2.27. The van der Waals surface area contributed by atoms with Crippen LogP contribution < -0.4 is 10.6 Å². The summed E-state index contributed by atoms with van der Waals surface area (Å²) in [7, 11) is 5.60. The minimum absolute atomic E-state index is 0.411. The van der Waals surface area contributed by atoms with Gasteiger partial charge in [-0.3, -0.25) is 0 Å². The molecule has 0 saturated carbocycles. The summed E-state index contributed by atoms with van der Waals surface area (Å²) in [5.41, 5.74) is 5.26. The third-order valence-corrected chi connectivity index (χ3v) is 3.65. The Bertz CT molecular complexity index is 294. The molecule has 0 aliphatic carbocycles. The van der Waals surface area contributed by atoms with Crippen LogP contribution in [0.15, 0.2) is 6.20 Å². The van der Waals surface area contributed by atoms with E-state index in [9.17, 15) is 0 Å². The van der Waals surface area contributed by atoms with E-state index < -0.39 is 5.60 Å². The van der Waals surface area contributed by atoms with Crippen LogP contribution in [0.5, 0.6) is 0 Å². The van der Waals surface area contributed by atoms with Gasteiger partial charge < -0.3 is 15.4 Å². The fraction of sp³-hybridized carbons (Fsp3) is 0.667. The van der Waals surface area contributed by atoms with E-state index in [-0.39, 0.29) is 0 Å². The Hall–Kier alpha value is -0.650. The van der Waals surface area contributed by atoms with Crippen molar-refractivity contribution < 1.29 is 4.74 Å². The zero-order chi connectivity index (χ0) is 10.8. The summed E-state index contributed by atoms with van der Waals surface area (Å²) in [6.07, 6.45) is 1.83. The van der Waals surface area contributed by atoms with Crippen molar-refractivity contribution in [1.29, 1.82) is 0 Å². The molecule has 1 aromatic rings. The molecule has 5 heteroatoms. The number of rotatable bonds is 4. The quantitative estimate of drug-likeness (QED) is 0.815. The van der Waals surface area contributed by atoms with E-state index in [1.807, 2.05) is 32.1 Å². The smallest absolute Gasteiger partial charge is 0.185 e. The molecule has 0 aromatic carbocycles. The lowest BCUT2D eigenvalue weighted by Crippen LogP contribution is -2.32. The second kappa shape index (κ2) is 4.25. The third kappa shape index (κ3) is 2.05. The van der Waals surface area contributed by atoms with Crippen LogP contribution in [-0.4, -0.2) is 32.7 Å². The predicted octanol–water partition coefficient (Wildman–Crippen LogP) is 1.03. The number of anilines is 1. The van der Waals surface area contributed by atoms with Gasteiger partial charge in [0.15, 0.2) is 5.13 Å². The van der Waals surface area contributed by atoms with Crippen LogP contribution in [0.3, 0.4) is 0 Å². The van der Waals surface area contributed by atoms with Crippen molar-refractivity contribution >= 4 is 16.5 Å². The van der Waals surface area contributed by atoms with Crippen LogP contribution in [0.25, 0.3) is 0 Å². The van der Waals surface area contributed by atoms with Crippen LogP contribution in [0.4, 0.5) is 5.13 Å². The highest BCUT2D eigenvalue weighted by atomic mass is 32.1. The van der Waals surface area contributed by atoms with E-state index in [2.05, 4.69) is 4.98 Å². The summed E-state index contributed by atoms with van der Waals surface area (Å²) in [6, 6.07) is 0. The van der Waals surface area contributed by atoms with E-state index in [0.29, 0.717) is 6.54 Å². The lowest BCUT2D eigenvalue weighted by molar-refractivity contribution is 0.0131. The Morgan fingerprint density at radius 2 is 2.29 bits per heavy atom. The van der Waals surface area contributed by atoms with E-state index >= 15 is 0 Å². The van der Waals surface area contributed by atoms with E-state index in [1.165, 1.54) is 0 Å². The van der Waals surface area contributed by atoms with Gasteiger partial charge in [-0.25, -0.2) is 4.98 Å². The first-order valence-electron chi connectivity index (χ1n) is 4.42. The molecule has 0 aliphatic rings. The second-order valence-corrected chi connectivity index (χ2v) is 4.55. The number of hydrogen-bond acceptors (Lipinski definition) is 5. The van der Waals surface area contributed by atoms with Crippen molar-refractivity contribution in [2.24, 2.45) is 5.73 Å². The van der Waals surface area contributed by atoms with Gasteiger partial charge >= 0.3 is 0 Å². The summed E-state index contributed by atoms with van der Waals surface area (Å²) in [6.45, 7) is 2.43. The van der Waals surface area contributed by atoms with Gasteiger partial charge in [0.1, 0.15) is 5.60 Å².